The zero-order chi connectivity index (χ0) is 12.4. The van der Waals surface area contributed by atoms with Gasteiger partial charge in [0.2, 0.25) is 11.8 Å². The quantitative estimate of drug-likeness (QED) is 0.689. The van der Waals surface area contributed by atoms with Gasteiger partial charge in [-0.25, -0.2) is 0 Å². The molecule has 4 heteroatoms. The fourth-order valence-electron chi connectivity index (χ4n) is 1.96. The minimum atomic E-state index is -0.168. The Balaban J connectivity index is 2.29. The summed E-state index contributed by atoms with van der Waals surface area (Å²) in [5, 5.41) is 8.68. The molecule has 0 bridgehead atoms. The predicted octanol–water partition coefficient (Wildman–Crippen LogP) is 1.85. The maximum atomic E-state index is 11.8. The highest BCUT2D eigenvalue weighted by molar-refractivity contribution is 6.16. The van der Waals surface area contributed by atoms with E-state index in [1.54, 1.807) is 24.3 Å². The molecule has 1 aromatic rings. The predicted molar refractivity (Wildman–Crippen MR) is 62.0 cm³/mol. The number of hydrogen-bond acceptors (Lipinski definition) is 3. The highest BCUT2D eigenvalue weighted by Crippen LogP contribution is 2.25. The smallest absolute Gasteiger partial charge is 0.234 e. The van der Waals surface area contributed by atoms with Crippen LogP contribution in [0.4, 0.5) is 5.69 Å². The summed E-state index contributed by atoms with van der Waals surface area (Å²) in [5.41, 5.74) is 1.06. The van der Waals surface area contributed by atoms with Crippen LogP contribution in [-0.2, 0) is 9.59 Å². The zero-order valence-electron chi connectivity index (χ0n) is 9.51. The summed E-state index contributed by atoms with van der Waals surface area (Å²) in [6, 6.07) is 8.47. The van der Waals surface area contributed by atoms with Gasteiger partial charge < -0.3 is 0 Å². The normalized spacial score (nSPS) is 17.1. The maximum absolute atomic E-state index is 11.8. The fourth-order valence-corrected chi connectivity index (χ4v) is 1.96. The number of carbonyl (C=O) groups is 2. The van der Waals surface area contributed by atoms with E-state index in [1.165, 1.54) is 4.90 Å². The Morgan fingerprint density at radius 2 is 1.71 bits per heavy atom. The molecule has 1 heterocycles. The molecule has 0 unspecified atom stereocenters. The Bertz CT molecular complexity index is 481. The first kappa shape index (κ1) is 11.3. The van der Waals surface area contributed by atoms with E-state index < -0.39 is 0 Å². The lowest BCUT2D eigenvalue weighted by Crippen LogP contribution is -2.42. The molecule has 1 aliphatic rings. The Hall–Kier alpha value is -2.15. The van der Waals surface area contributed by atoms with Gasteiger partial charge in [0, 0.05) is 12.8 Å². The number of anilines is 1. The van der Waals surface area contributed by atoms with Crippen LogP contribution in [0.5, 0.6) is 0 Å². The second-order valence-electron chi connectivity index (χ2n) is 4.29. The van der Waals surface area contributed by atoms with E-state index >= 15 is 0 Å². The molecular formula is C13H12N2O2. The van der Waals surface area contributed by atoms with Crippen molar-refractivity contribution < 1.29 is 9.59 Å². The van der Waals surface area contributed by atoms with E-state index in [-0.39, 0.29) is 17.7 Å². The number of piperidine rings is 1. The van der Waals surface area contributed by atoms with Crippen molar-refractivity contribution in [3.05, 3.63) is 29.8 Å². The van der Waals surface area contributed by atoms with Gasteiger partial charge in [0.25, 0.3) is 0 Å². The monoisotopic (exact) mass is 228 g/mol. The molecule has 0 spiro atoms. The summed E-state index contributed by atoms with van der Waals surface area (Å²) in [6.45, 7) is 1.89. The molecule has 86 valence electrons. The molecule has 1 aliphatic heterocycles. The van der Waals surface area contributed by atoms with Crippen molar-refractivity contribution in [3.8, 4) is 6.07 Å². The molecule has 4 nitrogen and oxygen atoms in total. The molecule has 0 saturated carbocycles. The highest BCUT2D eigenvalue weighted by atomic mass is 16.2. The van der Waals surface area contributed by atoms with E-state index in [4.69, 9.17) is 5.26 Å². The van der Waals surface area contributed by atoms with Crippen molar-refractivity contribution >= 4 is 17.5 Å². The van der Waals surface area contributed by atoms with Crippen LogP contribution in [0.15, 0.2) is 24.3 Å². The topological polar surface area (TPSA) is 61.2 Å². The van der Waals surface area contributed by atoms with Gasteiger partial charge in [-0.15, -0.1) is 0 Å². The third-order valence-corrected chi connectivity index (χ3v) is 2.80. The minimum absolute atomic E-state index is 0.115. The number of carbonyl (C=O) groups excluding carboxylic acids is 2. The molecule has 1 saturated heterocycles. The average Bonchev–Trinajstić information content (AvgIpc) is 2.28. The molecule has 0 aromatic heterocycles. The minimum Gasteiger partial charge on any atom is -0.274 e. The van der Waals surface area contributed by atoms with Crippen molar-refractivity contribution in [3.63, 3.8) is 0 Å². The number of hydrogen-bond donors (Lipinski definition) is 0. The van der Waals surface area contributed by atoms with Crippen molar-refractivity contribution in [1.82, 2.24) is 0 Å². The summed E-state index contributed by atoms with van der Waals surface area (Å²) >= 11 is 0. The average molecular weight is 228 g/mol. The Morgan fingerprint density at radius 1 is 1.18 bits per heavy atom. The van der Waals surface area contributed by atoms with Gasteiger partial charge in [-0.3, -0.25) is 14.5 Å². The lowest BCUT2D eigenvalue weighted by atomic mass is 9.97. The second-order valence-corrected chi connectivity index (χ2v) is 4.29. The number of amides is 2. The molecule has 0 radical (unpaired) electrons. The van der Waals surface area contributed by atoms with Crippen LogP contribution in [0.2, 0.25) is 0 Å². The van der Waals surface area contributed by atoms with E-state index in [1.807, 2.05) is 13.0 Å². The van der Waals surface area contributed by atoms with Crippen molar-refractivity contribution in [1.29, 1.82) is 5.26 Å². The molecule has 2 amide bonds. The lowest BCUT2D eigenvalue weighted by Gasteiger charge is -2.28. The first-order valence-electron chi connectivity index (χ1n) is 5.47. The van der Waals surface area contributed by atoms with Crippen LogP contribution < -0.4 is 4.90 Å². The molecule has 1 fully saturated rings. The van der Waals surface area contributed by atoms with Gasteiger partial charge in [-0.2, -0.15) is 5.26 Å². The van der Waals surface area contributed by atoms with Crippen LogP contribution in [0.3, 0.4) is 0 Å². The molecule has 0 atom stereocenters. The van der Waals surface area contributed by atoms with Gasteiger partial charge in [-0.05, 0) is 30.2 Å². The maximum Gasteiger partial charge on any atom is 0.234 e. The molecule has 2 rings (SSSR count). The van der Waals surface area contributed by atoms with Gasteiger partial charge >= 0.3 is 0 Å². The summed E-state index contributed by atoms with van der Waals surface area (Å²) in [6.07, 6.45) is 0.789. The Labute approximate surface area is 99.5 Å². The van der Waals surface area contributed by atoms with E-state index in [0.29, 0.717) is 24.1 Å². The van der Waals surface area contributed by atoms with Crippen molar-refractivity contribution in [2.75, 3.05) is 4.90 Å². The van der Waals surface area contributed by atoms with Crippen molar-refractivity contribution in [2.45, 2.75) is 19.8 Å². The first-order valence-corrected chi connectivity index (χ1v) is 5.47. The second kappa shape index (κ2) is 4.38. The third kappa shape index (κ3) is 2.18. The number of nitriles is 1. The molecule has 0 aliphatic carbocycles. The molecular weight excluding hydrogens is 216 g/mol. The Morgan fingerprint density at radius 3 is 2.18 bits per heavy atom. The number of rotatable bonds is 1. The summed E-state index contributed by atoms with van der Waals surface area (Å²) < 4.78 is 0. The third-order valence-electron chi connectivity index (χ3n) is 2.80. The van der Waals surface area contributed by atoms with Crippen molar-refractivity contribution in [2.24, 2.45) is 5.92 Å². The summed E-state index contributed by atoms with van der Waals surface area (Å²) in [5.74, 6) is -0.221. The summed E-state index contributed by atoms with van der Waals surface area (Å²) in [7, 11) is 0. The largest absolute Gasteiger partial charge is 0.274 e. The first-order chi connectivity index (χ1) is 8.11. The molecule has 1 aromatic carbocycles. The number of nitrogens with zero attached hydrogens (tertiary/aromatic N) is 2. The summed E-state index contributed by atoms with van der Waals surface area (Å²) in [4.78, 5) is 24.8. The van der Waals surface area contributed by atoms with Gasteiger partial charge in [0.1, 0.15) is 0 Å². The fraction of sp³-hybridized carbons (Fsp3) is 0.308. The van der Waals surface area contributed by atoms with E-state index in [9.17, 15) is 9.59 Å². The van der Waals surface area contributed by atoms with Crippen LogP contribution in [0, 0.1) is 17.2 Å². The van der Waals surface area contributed by atoms with Crippen LogP contribution >= 0.6 is 0 Å². The van der Waals surface area contributed by atoms with Crippen LogP contribution in [0.1, 0.15) is 25.3 Å². The van der Waals surface area contributed by atoms with Gasteiger partial charge in [-0.1, -0.05) is 6.92 Å². The van der Waals surface area contributed by atoms with E-state index in [0.717, 1.165) is 0 Å². The van der Waals surface area contributed by atoms with Crippen LogP contribution in [-0.4, -0.2) is 11.8 Å². The standard InChI is InChI=1S/C13H12N2O2/c1-9-6-12(16)15(13(17)7-9)11-4-2-10(8-14)3-5-11/h2-5,9H,6-7H2,1H3. The number of imide groups is 1. The highest BCUT2D eigenvalue weighted by Gasteiger charge is 2.31. The van der Waals surface area contributed by atoms with Gasteiger partial charge in [0.15, 0.2) is 0 Å². The Kier molecular flexibility index (Phi) is 2.92. The SMILES string of the molecule is CC1CC(=O)N(c2ccc(C#N)cc2)C(=O)C1. The van der Waals surface area contributed by atoms with Gasteiger partial charge in [0.05, 0.1) is 17.3 Å². The van der Waals surface area contributed by atoms with E-state index in [2.05, 4.69) is 0 Å². The number of benzene rings is 1. The van der Waals surface area contributed by atoms with Crippen LogP contribution in [0.25, 0.3) is 0 Å². The zero-order valence-corrected chi connectivity index (χ0v) is 9.51. The molecule has 17 heavy (non-hydrogen) atoms. The molecule has 0 N–H and O–H groups in total. The lowest BCUT2D eigenvalue weighted by molar-refractivity contribution is -0.130.